The van der Waals surface area contributed by atoms with Gasteiger partial charge in [0.25, 0.3) is 0 Å². The van der Waals surface area contributed by atoms with Gasteiger partial charge in [0.05, 0.1) is 5.69 Å². The molecular weight excluding hydrogens is 402 g/mol. The van der Waals surface area contributed by atoms with Crippen molar-refractivity contribution in [3.05, 3.63) is 89.9 Å². The van der Waals surface area contributed by atoms with Crippen LogP contribution >= 0.6 is 11.8 Å². The molecule has 0 spiro atoms. The van der Waals surface area contributed by atoms with Crippen LogP contribution in [0.2, 0.25) is 0 Å². The number of hydrogen-bond donors (Lipinski definition) is 1. The van der Waals surface area contributed by atoms with Crippen molar-refractivity contribution in [3.63, 3.8) is 0 Å². The number of H-pyrrole nitrogens is 1. The van der Waals surface area contributed by atoms with Crippen molar-refractivity contribution in [1.82, 2.24) is 24.7 Å². The maximum Gasteiger partial charge on any atom is 0.196 e. The van der Waals surface area contributed by atoms with E-state index < -0.39 is 0 Å². The molecule has 0 bridgehead atoms. The van der Waals surface area contributed by atoms with Gasteiger partial charge < -0.3 is 4.98 Å². The third-order valence-electron chi connectivity index (χ3n) is 5.51. The van der Waals surface area contributed by atoms with Crippen molar-refractivity contribution in [3.8, 4) is 17.1 Å². The molecule has 3 aromatic heterocycles. The van der Waals surface area contributed by atoms with E-state index in [2.05, 4.69) is 87.2 Å². The first-order valence-corrected chi connectivity index (χ1v) is 11.3. The quantitative estimate of drug-likeness (QED) is 0.351. The highest BCUT2D eigenvalue weighted by Crippen LogP contribution is 2.31. The predicted octanol–water partition coefficient (Wildman–Crippen LogP) is 5.76. The SMILES string of the molecule is Cc1cccc(C)c1-n1c(SCCc2c[nH]c3ccccc23)nnc1-c1ccncc1. The minimum atomic E-state index is 0.842. The monoisotopic (exact) mass is 425 g/mol. The Labute approximate surface area is 185 Å². The molecule has 1 N–H and O–H groups in total. The Hall–Kier alpha value is -3.38. The molecule has 5 aromatic rings. The van der Waals surface area contributed by atoms with Gasteiger partial charge in [-0.1, -0.05) is 48.2 Å². The summed E-state index contributed by atoms with van der Waals surface area (Å²) in [5, 5.41) is 11.3. The van der Waals surface area contributed by atoms with Crippen LogP contribution in [0.4, 0.5) is 0 Å². The molecule has 6 heteroatoms. The summed E-state index contributed by atoms with van der Waals surface area (Å²) in [6.07, 6.45) is 6.66. The molecule has 0 radical (unpaired) electrons. The van der Waals surface area contributed by atoms with Gasteiger partial charge in [-0.2, -0.15) is 0 Å². The van der Waals surface area contributed by atoms with Gasteiger partial charge in [0.15, 0.2) is 11.0 Å². The first kappa shape index (κ1) is 19.6. The van der Waals surface area contributed by atoms with Gasteiger partial charge >= 0.3 is 0 Å². The molecule has 31 heavy (non-hydrogen) atoms. The second-order valence-electron chi connectivity index (χ2n) is 7.58. The Morgan fingerprint density at radius 2 is 1.68 bits per heavy atom. The van der Waals surface area contributed by atoms with E-state index in [9.17, 15) is 0 Å². The first-order chi connectivity index (χ1) is 15.2. The highest BCUT2D eigenvalue weighted by molar-refractivity contribution is 7.99. The topological polar surface area (TPSA) is 59.4 Å². The van der Waals surface area contributed by atoms with E-state index in [4.69, 9.17) is 0 Å². The lowest BCUT2D eigenvalue weighted by atomic mass is 10.1. The molecule has 2 aromatic carbocycles. The average Bonchev–Trinajstić information content (AvgIpc) is 3.39. The number of pyridine rings is 1. The van der Waals surface area contributed by atoms with Gasteiger partial charge in [0, 0.05) is 40.8 Å². The smallest absolute Gasteiger partial charge is 0.196 e. The number of fused-ring (bicyclic) bond motifs is 1. The zero-order chi connectivity index (χ0) is 21.2. The summed E-state index contributed by atoms with van der Waals surface area (Å²) >= 11 is 1.74. The average molecular weight is 426 g/mol. The first-order valence-electron chi connectivity index (χ1n) is 10.3. The van der Waals surface area contributed by atoms with Crippen LogP contribution in [-0.4, -0.2) is 30.5 Å². The van der Waals surface area contributed by atoms with E-state index in [0.717, 1.165) is 34.4 Å². The van der Waals surface area contributed by atoms with E-state index >= 15 is 0 Å². The molecule has 5 rings (SSSR count). The van der Waals surface area contributed by atoms with Gasteiger partial charge in [-0.25, -0.2) is 0 Å². The number of aryl methyl sites for hydroxylation is 3. The Kier molecular flexibility index (Phi) is 5.30. The summed E-state index contributed by atoms with van der Waals surface area (Å²) in [5.74, 6) is 1.76. The summed E-state index contributed by atoms with van der Waals surface area (Å²) in [5.41, 5.74) is 7.07. The fraction of sp³-hybridized carbons (Fsp3) is 0.160. The van der Waals surface area contributed by atoms with Gasteiger partial charge in [-0.3, -0.25) is 9.55 Å². The molecule has 5 nitrogen and oxygen atoms in total. The Morgan fingerprint density at radius 1 is 0.903 bits per heavy atom. The van der Waals surface area contributed by atoms with Crippen molar-refractivity contribution >= 4 is 22.7 Å². The van der Waals surface area contributed by atoms with Crippen LogP contribution in [0.1, 0.15) is 16.7 Å². The Morgan fingerprint density at radius 3 is 2.48 bits per heavy atom. The van der Waals surface area contributed by atoms with Crippen LogP contribution in [0, 0.1) is 13.8 Å². The number of para-hydroxylation sites is 2. The summed E-state index contributed by atoms with van der Waals surface area (Å²) in [6.45, 7) is 4.28. The zero-order valence-electron chi connectivity index (χ0n) is 17.5. The van der Waals surface area contributed by atoms with Crippen molar-refractivity contribution in [2.45, 2.75) is 25.4 Å². The number of hydrogen-bond acceptors (Lipinski definition) is 4. The highest BCUT2D eigenvalue weighted by atomic mass is 32.2. The molecule has 0 fully saturated rings. The van der Waals surface area contributed by atoms with Crippen LogP contribution in [0.5, 0.6) is 0 Å². The number of aromatic nitrogens is 5. The number of benzene rings is 2. The second kappa shape index (κ2) is 8.40. The van der Waals surface area contributed by atoms with Crippen molar-refractivity contribution in [1.29, 1.82) is 0 Å². The van der Waals surface area contributed by atoms with E-state index in [1.807, 2.05) is 12.1 Å². The van der Waals surface area contributed by atoms with Crippen molar-refractivity contribution in [2.24, 2.45) is 0 Å². The standard InChI is InChI=1S/C25H23N5S/c1-17-6-5-7-18(2)23(17)30-24(19-10-13-26-14-11-19)28-29-25(30)31-15-12-20-16-27-22-9-4-3-8-21(20)22/h3-11,13-14,16,27H,12,15H2,1-2H3. The fourth-order valence-electron chi connectivity index (χ4n) is 4.00. The number of nitrogens with one attached hydrogen (secondary N) is 1. The fourth-order valence-corrected chi connectivity index (χ4v) is 4.91. The number of aromatic amines is 1. The number of thioether (sulfide) groups is 1. The van der Waals surface area contributed by atoms with Crippen LogP contribution in [0.15, 0.2) is 78.3 Å². The maximum atomic E-state index is 4.58. The van der Waals surface area contributed by atoms with Gasteiger partial charge in [0.1, 0.15) is 0 Å². The molecule has 0 atom stereocenters. The van der Waals surface area contributed by atoms with Gasteiger partial charge in [-0.15, -0.1) is 10.2 Å². The van der Waals surface area contributed by atoms with Gasteiger partial charge in [-0.05, 0) is 55.2 Å². The van der Waals surface area contributed by atoms with Crippen molar-refractivity contribution < 1.29 is 0 Å². The lowest BCUT2D eigenvalue weighted by Crippen LogP contribution is -2.04. The highest BCUT2D eigenvalue weighted by Gasteiger charge is 2.19. The van der Waals surface area contributed by atoms with Crippen LogP contribution in [0.3, 0.4) is 0 Å². The molecule has 0 saturated carbocycles. The maximum absolute atomic E-state index is 4.58. The molecule has 0 unspecified atom stereocenters. The second-order valence-corrected chi connectivity index (χ2v) is 8.64. The summed E-state index contributed by atoms with van der Waals surface area (Å²) < 4.78 is 2.19. The van der Waals surface area contributed by atoms with Crippen LogP contribution in [-0.2, 0) is 6.42 Å². The Balaban J connectivity index is 1.49. The molecule has 3 heterocycles. The van der Waals surface area contributed by atoms with Crippen LogP contribution < -0.4 is 0 Å². The molecule has 0 saturated heterocycles. The predicted molar refractivity (Wildman–Crippen MR) is 127 cm³/mol. The van der Waals surface area contributed by atoms with Crippen LogP contribution in [0.25, 0.3) is 28.0 Å². The van der Waals surface area contributed by atoms with Gasteiger partial charge in [0.2, 0.25) is 0 Å². The Bertz CT molecular complexity index is 1320. The third-order valence-corrected chi connectivity index (χ3v) is 6.44. The van der Waals surface area contributed by atoms with E-state index in [0.29, 0.717) is 0 Å². The molecule has 154 valence electrons. The van der Waals surface area contributed by atoms with Crippen molar-refractivity contribution in [2.75, 3.05) is 5.75 Å². The molecular formula is C25H23N5S. The molecule has 0 aliphatic heterocycles. The summed E-state index contributed by atoms with van der Waals surface area (Å²) in [6, 6.07) is 18.8. The minimum Gasteiger partial charge on any atom is -0.361 e. The number of rotatable bonds is 6. The van der Waals surface area contributed by atoms with E-state index in [-0.39, 0.29) is 0 Å². The summed E-state index contributed by atoms with van der Waals surface area (Å²) in [4.78, 5) is 7.52. The summed E-state index contributed by atoms with van der Waals surface area (Å²) in [7, 11) is 0. The lowest BCUT2D eigenvalue weighted by Gasteiger charge is -2.15. The minimum absolute atomic E-state index is 0.842. The largest absolute Gasteiger partial charge is 0.361 e. The molecule has 0 aliphatic rings. The number of nitrogens with zero attached hydrogens (tertiary/aromatic N) is 4. The third kappa shape index (κ3) is 3.75. The zero-order valence-corrected chi connectivity index (χ0v) is 18.4. The van der Waals surface area contributed by atoms with E-state index in [1.165, 1.54) is 27.6 Å². The lowest BCUT2D eigenvalue weighted by molar-refractivity contribution is 0.873. The normalized spacial score (nSPS) is 11.3. The van der Waals surface area contributed by atoms with E-state index in [1.54, 1.807) is 24.2 Å². The molecule has 0 amide bonds. The molecule has 0 aliphatic carbocycles.